The molecule has 0 aliphatic carbocycles. The maximum Gasteiger partial charge on any atom is 0.433 e. The van der Waals surface area contributed by atoms with E-state index in [1.54, 1.807) is 0 Å². The molecule has 0 saturated heterocycles. The van der Waals surface area contributed by atoms with Gasteiger partial charge < -0.3 is 5.32 Å². The zero-order valence-electron chi connectivity index (χ0n) is 10.3. The van der Waals surface area contributed by atoms with Crippen LogP contribution < -0.4 is 5.32 Å². The Hall–Kier alpha value is -1.86. The summed E-state index contributed by atoms with van der Waals surface area (Å²) in [7, 11) is 0. The Kier molecular flexibility index (Phi) is 5.08. The van der Waals surface area contributed by atoms with E-state index in [0.717, 1.165) is 19.3 Å². The number of alkyl halides is 3. The Bertz CT molecular complexity index is 449. The fraction of sp³-hybridized carbons (Fsp3) is 0.545. The van der Waals surface area contributed by atoms with Crippen molar-refractivity contribution in [1.82, 2.24) is 4.98 Å². The van der Waals surface area contributed by atoms with Crippen molar-refractivity contribution in [2.75, 3.05) is 11.9 Å². The summed E-state index contributed by atoms with van der Waals surface area (Å²) in [6.45, 7) is 2.37. The molecule has 0 bridgehead atoms. The Labute approximate surface area is 108 Å². The Balaban J connectivity index is 2.93. The predicted octanol–water partition coefficient (Wildman–Crippen LogP) is 3.61. The van der Waals surface area contributed by atoms with Gasteiger partial charge in [0, 0.05) is 6.54 Å². The van der Waals surface area contributed by atoms with Gasteiger partial charge in [-0.15, -0.1) is 0 Å². The van der Waals surface area contributed by atoms with E-state index < -0.39 is 22.5 Å². The summed E-state index contributed by atoms with van der Waals surface area (Å²) in [5.41, 5.74) is -1.75. The van der Waals surface area contributed by atoms with Crippen LogP contribution in [0, 0.1) is 10.1 Å². The quantitative estimate of drug-likeness (QED) is 0.490. The number of nitrogens with zero attached hydrogens (tertiary/aromatic N) is 2. The van der Waals surface area contributed by atoms with Gasteiger partial charge in [-0.05, 0) is 12.5 Å². The normalized spacial score (nSPS) is 11.4. The van der Waals surface area contributed by atoms with E-state index in [1.807, 2.05) is 6.92 Å². The lowest BCUT2D eigenvalue weighted by Gasteiger charge is -2.10. The summed E-state index contributed by atoms with van der Waals surface area (Å²) < 4.78 is 37.5. The first kappa shape index (κ1) is 15.2. The molecule has 19 heavy (non-hydrogen) atoms. The molecule has 0 aliphatic heterocycles. The van der Waals surface area contributed by atoms with Crippen molar-refractivity contribution in [3.63, 3.8) is 0 Å². The first-order chi connectivity index (χ1) is 8.86. The molecule has 0 unspecified atom stereocenters. The molecule has 1 aromatic rings. The smallest absolute Gasteiger partial charge is 0.379 e. The van der Waals surface area contributed by atoms with E-state index >= 15 is 0 Å². The van der Waals surface area contributed by atoms with E-state index in [4.69, 9.17) is 0 Å². The van der Waals surface area contributed by atoms with Crippen molar-refractivity contribution >= 4 is 11.4 Å². The monoisotopic (exact) mass is 277 g/mol. The highest BCUT2D eigenvalue weighted by Crippen LogP contribution is 2.32. The van der Waals surface area contributed by atoms with Gasteiger partial charge in [0.05, 0.1) is 4.92 Å². The standard InChI is InChI=1S/C11H14F3N3O2/c1-2-3-4-5-15-8-6-10(11(12,13)14)16-7-9(8)17(18)19/h6-7H,2-5H2,1H3,(H,15,16). The number of hydrogen-bond donors (Lipinski definition) is 1. The number of aromatic nitrogens is 1. The molecule has 1 N–H and O–H groups in total. The number of halogens is 3. The Morgan fingerprint density at radius 2 is 2.11 bits per heavy atom. The van der Waals surface area contributed by atoms with Crippen LogP contribution in [0.15, 0.2) is 12.3 Å². The maximum atomic E-state index is 12.5. The molecule has 0 aromatic carbocycles. The lowest BCUT2D eigenvalue weighted by molar-refractivity contribution is -0.384. The van der Waals surface area contributed by atoms with Crippen LogP contribution in [-0.4, -0.2) is 16.5 Å². The topological polar surface area (TPSA) is 68.1 Å². The van der Waals surface area contributed by atoms with Crippen LogP contribution in [0.3, 0.4) is 0 Å². The highest BCUT2D eigenvalue weighted by Gasteiger charge is 2.34. The van der Waals surface area contributed by atoms with Crippen molar-refractivity contribution in [2.45, 2.75) is 32.4 Å². The van der Waals surface area contributed by atoms with Crippen molar-refractivity contribution < 1.29 is 18.1 Å². The van der Waals surface area contributed by atoms with Gasteiger partial charge in [0.2, 0.25) is 0 Å². The molecule has 0 atom stereocenters. The van der Waals surface area contributed by atoms with Gasteiger partial charge in [-0.25, -0.2) is 4.98 Å². The van der Waals surface area contributed by atoms with Crippen LogP contribution >= 0.6 is 0 Å². The number of rotatable bonds is 6. The van der Waals surface area contributed by atoms with Gasteiger partial charge in [0.15, 0.2) is 0 Å². The highest BCUT2D eigenvalue weighted by atomic mass is 19.4. The number of nitro groups is 1. The summed E-state index contributed by atoms with van der Waals surface area (Å²) in [5, 5.41) is 13.4. The highest BCUT2D eigenvalue weighted by molar-refractivity contribution is 5.61. The predicted molar refractivity (Wildman–Crippen MR) is 63.9 cm³/mol. The largest absolute Gasteiger partial charge is 0.433 e. The molecule has 0 saturated carbocycles. The van der Waals surface area contributed by atoms with E-state index in [2.05, 4.69) is 10.3 Å². The number of unbranched alkanes of at least 4 members (excludes halogenated alkanes) is 2. The molecule has 0 spiro atoms. The molecule has 1 aromatic heterocycles. The summed E-state index contributed by atoms with van der Waals surface area (Å²) in [4.78, 5) is 13.0. The first-order valence-electron chi connectivity index (χ1n) is 5.81. The lowest BCUT2D eigenvalue weighted by Crippen LogP contribution is -2.11. The van der Waals surface area contributed by atoms with E-state index in [0.29, 0.717) is 18.8 Å². The van der Waals surface area contributed by atoms with Crippen LogP contribution in [0.2, 0.25) is 0 Å². The molecule has 0 aliphatic rings. The third-order valence-corrected chi connectivity index (χ3v) is 2.47. The molecular formula is C11H14F3N3O2. The molecule has 0 radical (unpaired) electrons. The van der Waals surface area contributed by atoms with Gasteiger partial charge in [0.25, 0.3) is 0 Å². The molecule has 8 heteroatoms. The van der Waals surface area contributed by atoms with Crippen LogP contribution in [0.4, 0.5) is 24.5 Å². The van der Waals surface area contributed by atoms with Gasteiger partial charge in [-0.1, -0.05) is 19.8 Å². The summed E-state index contributed by atoms with van der Waals surface area (Å²) in [6, 6.07) is 0.671. The molecule has 106 valence electrons. The van der Waals surface area contributed by atoms with Gasteiger partial charge >= 0.3 is 11.9 Å². The van der Waals surface area contributed by atoms with Crippen LogP contribution in [-0.2, 0) is 6.18 Å². The van der Waals surface area contributed by atoms with E-state index in [1.165, 1.54) is 0 Å². The minimum absolute atomic E-state index is 0.150. The fourth-order valence-electron chi connectivity index (χ4n) is 1.49. The van der Waals surface area contributed by atoms with Crippen LogP contribution in [0.5, 0.6) is 0 Å². The Morgan fingerprint density at radius 1 is 1.42 bits per heavy atom. The average Bonchev–Trinajstić information content (AvgIpc) is 2.33. The zero-order chi connectivity index (χ0) is 14.5. The van der Waals surface area contributed by atoms with E-state index in [9.17, 15) is 23.3 Å². The second kappa shape index (κ2) is 6.35. The molecular weight excluding hydrogens is 263 g/mol. The second-order valence-electron chi connectivity index (χ2n) is 3.98. The van der Waals surface area contributed by atoms with Gasteiger partial charge in [-0.2, -0.15) is 13.2 Å². The third-order valence-electron chi connectivity index (χ3n) is 2.47. The van der Waals surface area contributed by atoms with Crippen molar-refractivity contribution in [1.29, 1.82) is 0 Å². The van der Waals surface area contributed by atoms with Crippen molar-refractivity contribution in [3.8, 4) is 0 Å². The number of nitrogens with one attached hydrogen (secondary N) is 1. The van der Waals surface area contributed by atoms with Gasteiger partial charge in [0.1, 0.15) is 17.6 Å². The molecule has 1 heterocycles. The minimum Gasteiger partial charge on any atom is -0.379 e. The third kappa shape index (κ3) is 4.38. The minimum atomic E-state index is -4.62. The number of hydrogen-bond acceptors (Lipinski definition) is 4. The second-order valence-corrected chi connectivity index (χ2v) is 3.98. The zero-order valence-corrected chi connectivity index (χ0v) is 10.3. The lowest BCUT2D eigenvalue weighted by atomic mass is 10.2. The van der Waals surface area contributed by atoms with E-state index in [-0.39, 0.29) is 5.69 Å². The maximum absolute atomic E-state index is 12.5. The van der Waals surface area contributed by atoms with Crippen LogP contribution in [0.25, 0.3) is 0 Å². The SMILES string of the molecule is CCCCCNc1cc(C(F)(F)F)ncc1[N+](=O)[O-]. The molecule has 0 fully saturated rings. The molecule has 5 nitrogen and oxygen atoms in total. The first-order valence-corrected chi connectivity index (χ1v) is 5.81. The number of anilines is 1. The van der Waals surface area contributed by atoms with Crippen molar-refractivity contribution in [2.24, 2.45) is 0 Å². The molecule has 0 amide bonds. The summed E-state index contributed by atoms with van der Waals surface area (Å²) in [6.07, 6.45) is -1.40. The summed E-state index contributed by atoms with van der Waals surface area (Å²) in [5.74, 6) is 0. The fourth-order valence-corrected chi connectivity index (χ4v) is 1.49. The van der Waals surface area contributed by atoms with Crippen LogP contribution in [0.1, 0.15) is 31.9 Å². The Morgan fingerprint density at radius 3 is 2.63 bits per heavy atom. The summed E-state index contributed by atoms with van der Waals surface area (Å²) >= 11 is 0. The number of pyridine rings is 1. The molecule has 1 rings (SSSR count). The van der Waals surface area contributed by atoms with Crippen molar-refractivity contribution in [3.05, 3.63) is 28.1 Å². The average molecular weight is 277 g/mol. The van der Waals surface area contributed by atoms with Gasteiger partial charge in [-0.3, -0.25) is 10.1 Å².